The Morgan fingerprint density at radius 2 is 1.89 bits per heavy atom. The van der Waals surface area contributed by atoms with Crippen molar-refractivity contribution in [2.24, 2.45) is 11.3 Å². The molecule has 2 saturated heterocycles. The van der Waals surface area contributed by atoms with Crippen LogP contribution in [0.2, 0.25) is 5.02 Å². The predicted molar refractivity (Wildman–Crippen MR) is 140 cm³/mol. The lowest BCUT2D eigenvalue weighted by molar-refractivity contribution is -0.147. The van der Waals surface area contributed by atoms with Gasteiger partial charge in [-0.1, -0.05) is 36.2 Å². The molecular weight excluding hydrogens is 519 g/mol. The van der Waals surface area contributed by atoms with Gasteiger partial charge in [-0.05, 0) is 62.1 Å². The van der Waals surface area contributed by atoms with Crippen LogP contribution in [0.4, 0.5) is 13.2 Å². The molecule has 4 rings (SSSR count). The smallest absolute Gasteiger partial charge is 0.416 e. The molecule has 2 fully saturated rings. The van der Waals surface area contributed by atoms with Gasteiger partial charge in [-0.3, -0.25) is 19.4 Å². The highest BCUT2D eigenvalue weighted by Crippen LogP contribution is 2.42. The Kier molecular flexibility index (Phi) is 9.10. The second-order valence-electron chi connectivity index (χ2n) is 11.2. The number of hydrogen-bond donors (Lipinski definition) is 2. The highest BCUT2D eigenvalue weighted by Gasteiger charge is 2.52. The number of benzene rings is 1. The molecule has 0 unspecified atom stereocenters. The molecular formula is C28H37ClF3N3O3. The van der Waals surface area contributed by atoms with Gasteiger partial charge in [-0.15, -0.1) is 0 Å². The third-order valence-electron chi connectivity index (χ3n) is 8.44. The summed E-state index contributed by atoms with van der Waals surface area (Å²) in [5, 5.41) is 12.8. The first-order valence-electron chi connectivity index (χ1n) is 13.5. The van der Waals surface area contributed by atoms with Crippen molar-refractivity contribution in [3.05, 3.63) is 46.0 Å². The minimum absolute atomic E-state index is 0.00316. The SMILES string of the molecule is C[C@@H]1CN(Cc2c(Cl)cccc2C(F)(F)F)C[C@]1(CC(=O)O)C(=O)NC1CCN(CC2=CCCCC2)CC1. The van der Waals surface area contributed by atoms with Crippen LogP contribution < -0.4 is 5.32 Å². The van der Waals surface area contributed by atoms with Gasteiger partial charge in [0.25, 0.3) is 0 Å². The van der Waals surface area contributed by atoms with E-state index in [0.717, 1.165) is 51.4 Å². The van der Waals surface area contributed by atoms with E-state index in [-0.39, 0.29) is 48.0 Å². The molecule has 2 aliphatic heterocycles. The van der Waals surface area contributed by atoms with E-state index in [4.69, 9.17) is 11.6 Å². The van der Waals surface area contributed by atoms with Gasteiger partial charge >= 0.3 is 12.1 Å². The maximum absolute atomic E-state index is 13.6. The van der Waals surface area contributed by atoms with Gasteiger partial charge < -0.3 is 10.4 Å². The van der Waals surface area contributed by atoms with E-state index >= 15 is 0 Å². The molecule has 0 aromatic heterocycles. The monoisotopic (exact) mass is 555 g/mol. The zero-order valence-electron chi connectivity index (χ0n) is 21.8. The Morgan fingerprint density at radius 3 is 2.53 bits per heavy atom. The van der Waals surface area contributed by atoms with Crippen LogP contribution in [0.25, 0.3) is 0 Å². The number of likely N-dealkylation sites (tertiary alicyclic amines) is 2. The second-order valence-corrected chi connectivity index (χ2v) is 11.6. The lowest BCUT2D eigenvalue weighted by Gasteiger charge is -2.36. The topological polar surface area (TPSA) is 72.9 Å². The van der Waals surface area contributed by atoms with Crippen molar-refractivity contribution in [2.45, 2.75) is 70.6 Å². The van der Waals surface area contributed by atoms with Crippen molar-refractivity contribution in [2.75, 3.05) is 32.7 Å². The van der Waals surface area contributed by atoms with Crippen molar-refractivity contribution >= 4 is 23.5 Å². The number of nitrogens with one attached hydrogen (secondary N) is 1. The fourth-order valence-corrected chi connectivity index (χ4v) is 6.52. The summed E-state index contributed by atoms with van der Waals surface area (Å²) in [5.74, 6) is -1.77. The van der Waals surface area contributed by atoms with E-state index in [2.05, 4.69) is 16.3 Å². The zero-order chi connectivity index (χ0) is 27.5. The fourth-order valence-electron chi connectivity index (χ4n) is 6.29. The van der Waals surface area contributed by atoms with Crippen molar-refractivity contribution in [1.82, 2.24) is 15.1 Å². The van der Waals surface area contributed by atoms with Crippen molar-refractivity contribution in [1.29, 1.82) is 0 Å². The standard InChI is InChI=1S/C28H37ClF3N3O3/c1-19-15-35(17-22-23(28(30,31)32)8-5-9-24(22)29)18-27(19,14-25(36)37)26(38)33-21-10-12-34(13-11-21)16-20-6-3-2-4-7-20/h5-6,8-9,19,21H,2-4,7,10-18H2,1H3,(H,33,38)(H,36,37)/t19-,27+/m1/s1. The molecule has 0 saturated carbocycles. The summed E-state index contributed by atoms with van der Waals surface area (Å²) in [4.78, 5) is 29.6. The van der Waals surface area contributed by atoms with E-state index in [1.165, 1.54) is 30.5 Å². The average Bonchev–Trinajstić information content (AvgIpc) is 3.16. The Bertz CT molecular complexity index is 1060. The molecule has 0 spiro atoms. The van der Waals surface area contributed by atoms with Gasteiger partial charge in [0, 0.05) is 50.3 Å². The number of aliphatic carboxylic acids is 1. The van der Waals surface area contributed by atoms with E-state index in [9.17, 15) is 27.9 Å². The summed E-state index contributed by atoms with van der Waals surface area (Å²) in [6.07, 6.45) is 3.78. The number of rotatable bonds is 8. The highest BCUT2D eigenvalue weighted by atomic mass is 35.5. The number of carbonyl (C=O) groups is 2. The van der Waals surface area contributed by atoms with E-state index in [1.54, 1.807) is 11.8 Å². The molecule has 1 aliphatic carbocycles. The van der Waals surface area contributed by atoms with Gasteiger partial charge in [0.05, 0.1) is 17.4 Å². The van der Waals surface area contributed by atoms with E-state index < -0.39 is 23.1 Å². The van der Waals surface area contributed by atoms with Gasteiger partial charge in [-0.25, -0.2) is 0 Å². The zero-order valence-corrected chi connectivity index (χ0v) is 22.6. The largest absolute Gasteiger partial charge is 0.481 e. The third-order valence-corrected chi connectivity index (χ3v) is 8.79. The second kappa shape index (κ2) is 12.0. The molecule has 1 aromatic rings. The first-order valence-corrected chi connectivity index (χ1v) is 13.9. The molecule has 3 aliphatic rings. The summed E-state index contributed by atoms with van der Waals surface area (Å²) < 4.78 is 40.9. The maximum atomic E-state index is 13.6. The average molecular weight is 556 g/mol. The molecule has 2 heterocycles. The minimum atomic E-state index is -4.57. The number of carboxylic acid groups (broad SMARTS) is 1. The van der Waals surface area contributed by atoms with Crippen LogP contribution >= 0.6 is 11.6 Å². The number of piperidine rings is 1. The number of halogens is 4. The van der Waals surface area contributed by atoms with Crippen LogP contribution in [-0.2, 0) is 22.3 Å². The molecule has 210 valence electrons. The van der Waals surface area contributed by atoms with Crippen LogP contribution in [-0.4, -0.2) is 65.5 Å². The van der Waals surface area contributed by atoms with Gasteiger partial charge in [-0.2, -0.15) is 13.2 Å². The van der Waals surface area contributed by atoms with Gasteiger partial charge in [0.2, 0.25) is 5.91 Å². The molecule has 10 heteroatoms. The quantitative estimate of drug-likeness (QED) is 0.423. The summed E-state index contributed by atoms with van der Waals surface area (Å²) in [6.45, 7) is 4.75. The normalized spacial score (nSPS) is 25.8. The number of alkyl halides is 3. The lowest BCUT2D eigenvalue weighted by Crippen LogP contribution is -2.53. The predicted octanol–water partition coefficient (Wildman–Crippen LogP) is 5.35. The van der Waals surface area contributed by atoms with E-state index in [0.29, 0.717) is 6.54 Å². The molecule has 1 aromatic carbocycles. The summed E-state index contributed by atoms with van der Waals surface area (Å²) >= 11 is 6.16. The van der Waals surface area contributed by atoms with Gasteiger partial charge in [0.1, 0.15) is 0 Å². The minimum Gasteiger partial charge on any atom is -0.481 e. The number of carbonyl (C=O) groups excluding carboxylic acids is 1. The lowest BCUT2D eigenvalue weighted by atomic mass is 9.75. The molecule has 2 atom stereocenters. The number of hydrogen-bond acceptors (Lipinski definition) is 4. The van der Waals surface area contributed by atoms with Crippen LogP contribution in [0, 0.1) is 11.3 Å². The van der Waals surface area contributed by atoms with E-state index in [1.807, 2.05) is 0 Å². The molecule has 6 nitrogen and oxygen atoms in total. The summed E-state index contributed by atoms with van der Waals surface area (Å²) in [5.41, 5.74) is -0.601. The first-order chi connectivity index (χ1) is 18.0. The maximum Gasteiger partial charge on any atom is 0.416 e. The van der Waals surface area contributed by atoms with Crippen LogP contribution in [0.5, 0.6) is 0 Å². The molecule has 0 bridgehead atoms. The Morgan fingerprint density at radius 1 is 1.16 bits per heavy atom. The van der Waals surface area contributed by atoms with Crippen molar-refractivity contribution in [3.8, 4) is 0 Å². The third kappa shape index (κ3) is 6.72. The van der Waals surface area contributed by atoms with Gasteiger partial charge in [0.15, 0.2) is 0 Å². The Balaban J connectivity index is 1.42. The molecule has 38 heavy (non-hydrogen) atoms. The molecule has 2 N–H and O–H groups in total. The van der Waals surface area contributed by atoms with Crippen LogP contribution in [0.3, 0.4) is 0 Å². The summed E-state index contributed by atoms with van der Waals surface area (Å²) in [6, 6.07) is 3.63. The number of carboxylic acids is 1. The fraction of sp³-hybridized carbons (Fsp3) is 0.643. The molecule has 1 amide bonds. The highest BCUT2D eigenvalue weighted by molar-refractivity contribution is 6.31. The number of nitrogens with zero attached hydrogens (tertiary/aromatic N) is 2. The Hall–Kier alpha value is -2.10. The first kappa shape index (κ1) is 28.9. The van der Waals surface area contributed by atoms with Crippen LogP contribution in [0.1, 0.15) is 63.0 Å². The number of allylic oxidation sites excluding steroid dienone is 1. The molecule has 0 radical (unpaired) electrons. The summed E-state index contributed by atoms with van der Waals surface area (Å²) in [7, 11) is 0. The Labute approximate surface area is 227 Å². The number of amides is 1. The van der Waals surface area contributed by atoms with Crippen molar-refractivity contribution in [3.63, 3.8) is 0 Å². The van der Waals surface area contributed by atoms with Crippen molar-refractivity contribution < 1.29 is 27.9 Å². The van der Waals surface area contributed by atoms with Crippen LogP contribution in [0.15, 0.2) is 29.8 Å².